The third-order valence-electron chi connectivity index (χ3n) is 3.86. The van der Waals surface area contributed by atoms with E-state index in [2.05, 4.69) is 31.0 Å². The van der Waals surface area contributed by atoms with Gasteiger partial charge in [0.15, 0.2) is 0 Å². The summed E-state index contributed by atoms with van der Waals surface area (Å²) < 4.78 is 0. The van der Waals surface area contributed by atoms with Crippen molar-refractivity contribution in [1.82, 2.24) is 10.2 Å². The Labute approximate surface area is 128 Å². The summed E-state index contributed by atoms with van der Waals surface area (Å²) in [6.45, 7) is 10.8. The van der Waals surface area contributed by atoms with Gasteiger partial charge in [0.2, 0.25) is 0 Å². The van der Waals surface area contributed by atoms with Gasteiger partial charge < -0.3 is 15.3 Å². The molecule has 4 heteroatoms. The van der Waals surface area contributed by atoms with Crippen molar-refractivity contribution < 1.29 is 9.90 Å². The third kappa shape index (κ3) is 6.74. The van der Waals surface area contributed by atoms with Crippen molar-refractivity contribution in [3.63, 3.8) is 0 Å². The molecule has 0 aliphatic heterocycles. The molecule has 0 bridgehead atoms. The summed E-state index contributed by atoms with van der Waals surface area (Å²) >= 11 is 0. The summed E-state index contributed by atoms with van der Waals surface area (Å²) in [6.07, 6.45) is 2.36. The standard InChI is InChI=1S/C17H28N2O2/c1-4-19(5-2)12-6-7-14(3)18-13-15-8-10-16(11-9-15)17(20)21/h8-11,14,18H,4-7,12-13H2,1-3H3,(H,20,21). The highest BCUT2D eigenvalue weighted by atomic mass is 16.4. The van der Waals surface area contributed by atoms with E-state index in [1.807, 2.05) is 12.1 Å². The van der Waals surface area contributed by atoms with Crippen LogP contribution in [-0.2, 0) is 6.54 Å². The van der Waals surface area contributed by atoms with Gasteiger partial charge in [-0.25, -0.2) is 4.79 Å². The number of carbonyl (C=O) groups is 1. The fourth-order valence-corrected chi connectivity index (χ4v) is 2.32. The van der Waals surface area contributed by atoms with Gasteiger partial charge in [0.1, 0.15) is 0 Å². The number of rotatable bonds is 10. The van der Waals surface area contributed by atoms with E-state index in [1.165, 1.54) is 6.42 Å². The lowest BCUT2D eigenvalue weighted by Crippen LogP contribution is -2.28. The van der Waals surface area contributed by atoms with Crippen LogP contribution in [0.15, 0.2) is 24.3 Å². The quantitative estimate of drug-likeness (QED) is 0.696. The average Bonchev–Trinajstić information content (AvgIpc) is 2.50. The molecule has 1 rings (SSSR count). The Morgan fingerprint density at radius 2 is 1.86 bits per heavy atom. The fraction of sp³-hybridized carbons (Fsp3) is 0.588. The molecule has 0 aliphatic rings. The summed E-state index contributed by atoms with van der Waals surface area (Å²) in [5.41, 5.74) is 1.46. The maximum atomic E-state index is 10.8. The van der Waals surface area contributed by atoms with E-state index in [1.54, 1.807) is 12.1 Å². The van der Waals surface area contributed by atoms with E-state index in [4.69, 9.17) is 5.11 Å². The Morgan fingerprint density at radius 1 is 1.24 bits per heavy atom. The first-order valence-electron chi connectivity index (χ1n) is 7.84. The number of aromatic carboxylic acids is 1. The fourth-order valence-electron chi connectivity index (χ4n) is 2.32. The number of hydrogen-bond donors (Lipinski definition) is 2. The SMILES string of the molecule is CCN(CC)CCCC(C)NCc1ccc(C(=O)O)cc1. The van der Waals surface area contributed by atoms with Crippen molar-refractivity contribution in [3.05, 3.63) is 35.4 Å². The Morgan fingerprint density at radius 3 is 2.38 bits per heavy atom. The lowest BCUT2D eigenvalue weighted by molar-refractivity contribution is 0.0697. The molecule has 0 amide bonds. The first-order valence-corrected chi connectivity index (χ1v) is 7.84. The van der Waals surface area contributed by atoms with Crippen LogP contribution >= 0.6 is 0 Å². The van der Waals surface area contributed by atoms with Crippen LogP contribution in [0.25, 0.3) is 0 Å². The van der Waals surface area contributed by atoms with Gasteiger partial charge in [0, 0.05) is 12.6 Å². The molecule has 0 radical (unpaired) electrons. The second-order valence-corrected chi connectivity index (χ2v) is 5.45. The van der Waals surface area contributed by atoms with E-state index >= 15 is 0 Å². The number of benzene rings is 1. The molecule has 21 heavy (non-hydrogen) atoms. The first-order chi connectivity index (χ1) is 10.1. The second kappa shape index (κ2) is 9.53. The number of carboxylic acid groups (broad SMARTS) is 1. The monoisotopic (exact) mass is 292 g/mol. The van der Waals surface area contributed by atoms with E-state index in [0.717, 1.165) is 38.2 Å². The molecule has 0 fully saturated rings. The molecule has 0 spiro atoms. The Bertz CT molecular complexity index is 413. The van der Waals surface area contributed by atoms with Crippen LogP contribution in [-0.4, -0.2) is 41.7 Å². The van der Waals surface area contributed by atoms with Crippen LogP contribution in [0.3, 0.4) is 0 Å². The molecule has 1 aromatic rings. The van der Waals surface area contributed by atoms with E-state index in [-0.39, 0.29) is 0 Å². The smallest absolute Gasteiger partial charge is 0.335 e. The normalized spacial score (nSPS) is 12.6. The van der Waals surface area contributed by atoms with Crippen LogP contribution in [0.1, 0.15) is 49.5 Å². The lowest BCUT2D eigenvalue weighted by Gasteiger charge is -2.19. The molecule has 0 saturated heterocycles. The Kier molecular flexibility index (Phi) is 8.01. The highest BCUT2D eigenvalue weighted by Crippen LogP contribution is 2.06. The molecule has 0 saturated carbocycles. The number of nitrogens with zero attached hydrogens (tertiary/aromatic N) is 1. The van der Waals surface area contributed by atoms with Crippen molar-refractivity contribution in [2.75, 3.05) is 19.6 Å². The first kappa shape index (κ1) is 17.7. The maximum Gasteiger partial charge on any atom is 0.335 e. The minimum absolute atomic E-state index is 0.339. The zero-order chi connectivity index (χ0) is 15.7. The minimum atomic E-state index is -0.876. The molecule has 118 valence electrons. The summed E-state index contributed by atoms with van der Waals surface area (Å²) in [4.78, 5) is 13.2. The van der Waals surface area contributed by atoms with E-state index < -0.39 is 5.97 Å². The highest BCUT2D eigenvalue weighted by Gasteiger charge is 2.05. The molecule has 2 N–H and O–H groups in total. The van der Waals surface area contributed by atoms with Crippen molar-refractivity contribution in [2.24, 2.45) is 0 Å². The second-order valence-electron chi connectivity index (χ2n) is 5.45. The van der Waals surface area contributed by atoms with Gasteiger partial charge in [-0.2, -0.15) is 0 Å². The predicted molar refractivity (Wildman–Crippen MR) is 86.7 cm³/mol. The van der Waals surface area contributed by atoms with Gasteiger partial charge in [-0.15, -0.1) is 0 Å². The van der Waals surface area contributed by atoms with Gasteiger partial charge in [-0.05, 0) is 57.1 Å². The highest BCUT2D eigenvalue weighted by molar-refractivity contribution is 5.87. The number of nitrogens with one attached hydrogen (secondary N) is 1. The van der Waals surface area contributed by atoms with Gasteiger partial charge in [0.05, 0.1) is 5.56 Å². The summed E-state index contributed by atoms with van der Waals surface area (Å²) in [5, 5.41) is 12.3. The van der Waals surface area contributed by atoms with Gasteiger partial charge in [-0.1, -0.05) is 26.0 Å². The summed E-state index contributed by atoms with van der Waals surface area (Å²) in [7, 11) is 0. The molecule has 1 aromatic carbocycles. The minimum Gasteiger partial charge on any atom is -0.478 e. The van der Waals surface area contributed by atoms with Crippen molar-refractivity contribution in [3.8, 4) is 0 Å². The Balaban J connectivity index is 2.26. The predicted octanol–water partition coefficient (Wildman–Crippen LogP) is 2.98. The topological polar surface area (TPSA) is 52.6 Å². The maximum absolute atomic E-state index is 10.8. The number of carboxylic acids is 1. The van der Waals surface area contributed by atoms with Crippen LogP contribution in [0.2, 0.25) is 0 Å². The van der Waals surface area contributed by atoms with Crippen molar-refractivity contribution >= 4 is 5.97 Å². The third-order valence-corrected chi connectivity index (χ3v) is 3.86. The van der Waals surface area contributed by atoms with Crippen LogP contribution in [0.5, 0.6) is 0 Å². The molecular weight excluding hydrogens is 264 g/mol. The van der Waals surface area contributed by atoms with E-state index in [9.17, 15) is 4.79 Å². The molecular formula is C17H28N2O2. The summed E-state index contributed by atoms with van der Waals surface area (Å²) in [6, 6.07) is 7.53. The van der Waals surface area contributed by atoms with Gasteiger partial charge in [-0.3, -0.25) is 0 Å². The van der Waals surface area contributed by atoms with Crippen LogP contribution < -0.4 is 5.32 Å². The lowest BCUT2D eigenvalue weighted by atomic mass is 10.1. The average molecular weight is 292 g/mol. The zero-order valence-corrected chi connectivity index (χ0v) is 13.4. The van der Waals surface area contributed by atoms with Crippen molar-refractivity contribution in [2.45, 2.75) is 46.2 Å². The Hall–Kier alpha value is -1.39. The number of hydrogen-bond acceptors (Lipinski definition) is 3. The van der Waals surface area contributed by atoms with Gasteiger partial charge >= 0.3 is 5.97 Å². The van der Waals surface area contributed by atoms with Gasteiger partial charge in [0.25, 0.3) is 0 Å². The molecule has 1 unspecified atom stereocenters. The largest absolute Gasteiger partial charge is 0.478 e. The zero-order valence-electron chi connectivity index (χ0n) is 13.4. The van der Waals surface area contributed by atoms with Crippen LogP contribution in [0.4, 0.5) is 0 Å². The summed E-state index contributed by atoms with van der Waals surface area (Å²) in [5.74, 6) is -0.876. The molecule has 0 aromatic heterocycles. The molecule has 1 atom stereocenters. The molecule has 4 nitrogen and oxygen atoms in total. The van der Waals surface area contributed by atoms with Crippen molar-refractivity contribution in [1.29, 1.82) is 0 Å². The molecule has 0 aliphatic carbocycles. The molecule has 0 heterocycles. The van der Waals surface area contributed by atoms with Crippen LogP contribution in [0, 0.1) is 0 Å². The van der Waals surface area contributed by atoms with E-state index in [0.29, 0.717) is 11.6 Å².